The third kappa shape index (κ3) is 6.32. The molecule has 5 heteroatoms. The van der Waals surface area contributed by atoms with Gasteiger partial charge in [-0.2, -0.15) is 0 Å². The molecule has 2 N–H and O–H groups in total. The average Bonchev–Trinajstić information content (AvgIpc) is 2.75. The summed E-state index contributed by atoms with van der Waals surface area (Å²) in [7, 11) is 1.68. The average molecular weight is 497 g/mol. The van der Waals surface area contributed by atoms with Crippen LogP contribution in [0.4, 0.5) is 0 Å². The van der Waals surface area contributed by atoms with Gasteiger partial charge < -0.3 is 15.2 Å². The van der Waals surface area contributed by atoms with E-state index < -0.39 is 0 Å². The number of ketones is 1. The molecule has 1 saturated carbocycles. The lowest BCUT2D eigenvalue weighted by molar-refractivity contribution is -0.122. The van der Waals surface area contributed by atoms with E-state index in [2.05, 4.69) is 54.9 Å². The first-order valence-corrected chi connectivity index (χ1v) is 12.4. The van der Waals surface area contributed by atoms with Crippen molar-refractivity contribution in [3.8, 4) is 12.8 Å². The number of methoxy groups -OCH3 is 1. The number of terminal acetylenes is 1. The molecule has 0 aromatic rings. The number of carbonyl (C=O) groups excluding carboxylic acids is 1. The first kappa shape index (κ1) is 28.1. The second kappa shape index (κ2) is 13.6. The van der Waals surface area contributed by atoms with E-state index in [1.165, 1.54) is 19.3 Å². The van der Waals surface area contributed by atoms with Crippen molar-refractivity contribution in [2.24, 2.45) is 23.2 Å². The van der Waals surface area contributed by atoms with Crippen molar-refractivity contribution in [1.82, 2.24) is 5.32 Å². The summed E-state index contributed by atoms with van der Waals surface area (Å²) in [5.41, 5.74) is 1.86. The molecule has 176 valence electrons. The van der Waals surface area contributed by atoms with Crippen LogP contribution in [-0.2, 0) is 9.53 Å². The highest BCUT2D eigenvalue weighted by molar-refractivity contribution is 9.12. The second-order valence-corrected chi connectivity index (χ2v) is 9.80. The monoisotopic (exact) mass is 495 g/mol. The van der Waals surface area contributed by atoms with Gasteiger partial charge in [0, 0.05) is 35.9 Å². The zero-order valence-electron chi connectivity index (χ0n) is 20.0. The summed E-state index contributed by atoms with van der Waals surface area (Å²) in [4.78, 5) is 12.6. The molecule has 0 aliphatic heterocycles. The minimum absolute atomic E-state index is 0.0138. The van der Waals surface area contributed by atoms with Crippen LogP contribution in [0.5, 0.6) is 0 Å². The molecule has 0 heterocycles. The quantitative estimate of drug-likeness (QED) is 0.383. The van der Waals surface area contributed by atoms with Gasteiger partial charge in [0.05, 0.1) is 13.2 Å². The van der Waals surface area contributed by atoms with Crippen LogP contribution in [0, 0.1) is 36.0 Å². The fourth-order valence-electron chi connectivity index (χ4n) is 5.40. The molecule has 0 aromatic carbocycles. The summed E-state index contributed by atoms with van der Waals surface area (Å²) in [6, 6.07) is 0.272. The minimum atomic E-state index is -0.319. The Balaban J connectivity index is 0.00000233. The molecule has 3 unspecified atom stereocenters. The van der Waals surface area contributed by atoms with Crippen LogP contribution in [0.25, 0.3) is 0 Å². The SMILES string of the molecule is C#C.CCC(=O)C[C@@]1(CC)C(CO)=C(/C(Br)=C\COC)C(C)C(NCC2CCC2)C1C. The number of aliphatic hydroxyl groups is 1. The lowest BCUT2D eigenvalue weighted by atomic mass is 9.55. The largest absolute Gasteiger partial charge is 0.392 e. The summed E-state index contributed by atoms with van der Waals surface area (Å²) in [5, 5.41) is 14.4. The number of rotatable bonds is 11. The summed E-state index contributed by atoms with van der Waals surface area (Å²) in [6.07, 6.45) is 15.9. The number of carbonyl (C=O) groups is 1. The number of hydrogen-bond acceptors (Lipinski definition) is 4. The van der Waals surface area contributed by atoms with Gasteiger partial charge in [-0.1, -0.05) is 50.0 Å². The van der Waals surface area contributed by atoms with E-state index in [0.717, 1.165) is 34.5 Å². The maximum Gasteiger partial charge on any atom is 0.133 e. The van der Waals surface area contributed by atoms with Crippen LogP contribution in [0.1, 0.15) is 66.2 Å². The van der Waals surface area contributed by atoms with Crippen molar-refractivity contribution < 1.29 is 14.6 Å². The number of aliphatic hydroxyl groups excluding tert-OH is 1. The van der Waals surface area contributed by atoms with Crippen molar-refractivity contribution in [2.45, 2.75) is 72.3 Å². The summed E-state index contributed by atoms with van der Waals surface area (Å²) >= 11 is 3.78. The lowest BCUT2D eigenvalue weighted by Gasteiger charge is -2.52. The second-order valence-electron chi connectivity index (χ2n) is 8.94. The first-order chi connectivity index (χ1) is 14.9. The Morgan fingerprint density at radius 2 is 1.97 bits per heavy atom. The van der Waals surface area contributed by atoms with Crippen LogP contribution in [-0.4, -0.2) is 43.8 Å². The van der Waals surface area contributed by atoms with Gasteiger partial charge in [-0.3, -0.25) is 4.79 Å². The van der Waals surface area contributed by atoms with E-state index in [9.17, 15) is 9.90 Å². The van der Waals surface area contributed by atoms with Crippen molar-refractivity contribution in [3.63, 3.8) is 0 Å². The molecule has 2 rings (SSSR count). The molecule has 1 fully saturated rings. The van der Waals surface area contributed by atoms with Gasteiger partial charge in [0.2, 0.25) is 0 Å². The minimum Gasteiger partial charge on any atom is -0.392 e. The van der Waals surface area contributed by atoms with Crippen LogP contribution in [0.3, 0.4) is 0 Å². The number of nitrogens with one attached hydrogen (secondary N) is 1. The summed E-state index contributed by atoms with van der Waals surface area (Å²) in [5.74, 6) is 1.56. The Hall–Kier alpha value is -0.930. The van der Waals surface area contributed by atoms with Crippen LogP contribution in [0.2, 0.25) is 0 Å². The van der Waals surface area contributed by atoms with E-state index in [0.29, 0.717) is 19.4 Å². The highest BCUT2D eigenvalue weighted by atomic mass is 79.9. The highest BCUT2D eigenvalue weighted by Crippen LogP contribution is 2.54. The van der Waals surface area contributed by atoms with Gasteiger partial charge in [0.1, 0.15) is 5.78 Å². The van der Waals surface area contributed by atoms with Gasteiger partial charge in [0.15, 0.2) is 0 Å². The van der Waals surface area contributed by atoms with Crippen molar-refractivity contribution in [3.05, 3.63) is 21.7 Å². The number of halogens is 1. The maximum atomic E-state index is 12.6. The summed E-state index contributed by atoms with van der Waals surface area (Å²) < 4.78 is 6.24. The molecule has 31 heavy (non-hydrogen) atoms. The molecular formula is C26H42BrNO3. The van der Waals surface area contributed by atoms with Crippen molar-refractivity contribution >= 4 is 21.7 Å². The van der Waals surface area contributed by atoms with Crippen LogP contribution < -0.4 is 5.32 Å². The lowest BCUT2D eigenvalue weighted by Crippen LogP contribution is -2.54. The van der Waals surface area contributed by atoms with Gasteiger partial charge in [-0.15, -0.1) is 12.8 Å². The van der Waals surface area contributed by atoms with E-state index in [-0.39, 0.29) is 35.7 Å². The molecule has 0 amide bonds. The van der Waals surface area contributed by atoms with Gasteiger partial charge in [-0.25, -0.2) is 0 Å². The Morgan fingerprint density at radius 1 is 1.32 bits per heavy atom. The van der Waals surface area contributed by atoms with Gasteiger partial charge in [0.25, 0.3) is 0 Å². The van der Waals surface area contributed by atoms with E-state index in [4.69, 9.17) is 4.74 Å². The first-order valence-electron chi connectivity index (χ1n) is 11.6. The van der Waals surface area contributed by atoms with E-state index in [1.54, 1.807) is 7.11 Å². The van der Waals surface area contributed by atoms with Gasteiger partial charge >= 0.3 is 0 Å². The molecule has 0 aromatic heterocycles. The molecule has 4 atom stereocenters. The Labute approximate surface area is 198 Å². The van der Waals surface area contributed by atoms with Crippen molar-refractivity contribution in [1.29, 1.82) is 0 Å². The zero-order valence-corrected chi connectivity index (χ0v) is 21.6. The number of hydrogen-bond donors (Lipinski definition) is 2. The number of ether oxygens (including phenoxy) is 1. The third-order valence-corrected chi connectivity index (χ3v) is 8.33. The van der Waals surface area contributed by atoms with Gasteiger partial charge in [-0.05, 0) is 60.8 Å². The fraction of sp³-hybridized carbons (Fsp3) is 0.731. The standard InChI is InChI=1S/C24H40BrNO3.C2H2/c1-6-19(28)13-24(7-2)17(4)23(26-14-18-9-8-10-18)16(3)22(20(24)15-27)21(25)11-12-29-5;1-2/h11,16-18,23,26-27H,6-10,12-15H2,1-5H3;1-2H/b21-11+;/t16?,17?,23?,24-;/m1./s1. The molecule has 0 saturated heterocycles. The van der Waals surface area contributed by atoms with Crippen LogP contribution >= 0.6 is 15.9 Å². The molecule has 4 nitrogen and oxygen atoms in total. The Kier molecular flexibility index (Phi) is 12.3. The maximum absolute atomic E-state index is 12.6. The highest BCUT2D eigenvalue weighted by Gasteiger charge is 2.50. The fourth-order valence-corrected chi connectivity index (χ4v) is 6.14. The number of Topliss-reactive ketones (excluding diaryl/α,β-unsaturated/α-hetero) is 1. The Morgan fingerprint density at radius 3 is 2.42 bits per heavy atom. The topological polar surface area (TPSA) is 58.6 Å². The predicted molar refractivity (Wildman–Crippen MR) is 133 cm³/mol. The predicted octanol–water partition coefficient (Wildman–Crippen LogP) is 5.26. The molecule has 0 spiro atoms. The molecular weight excluding hydrogens is 454 g/mol. The smallest absolute Gasteiger partial charge is 0.133 e. The Bertz CT molecular complexity index is 665. The third-order valence-electron chi connectivity index (χ3n) is 7.58. The van der Waals surface area contributed by atoms with E-state index >= 15 is 0 Å². The zero-order chi connectivity index (χ0) is 23.6. The molecule has 0 radical (unpaired) electrons. The molecule has 0 bridgehead atoms. The summed E-state index contributed by atoms with van der Waals surface area (Å²) in [6.45, 7) is 10.2. The molecule has 2 aliphatic rings. The number of allylic oxidation sites excluding steroid dienone is 1. The van der Waals surface area contributed by atoms with E-state index in [1.807, 2.05) is 13.0 Å². The normalized spacial score (nSPS) is 29.2. The van der Waals surface area contributed by atoms with Crippen LogP contribution in [0.15, 0.2) is 21.7 Å². The van der Waals surface area contributed by atoms with Crippen molar-refractivity contribution in [2.75, 3.05) is 26.9 Å². The molecule has 2 aliphatic carbocycles.